The van der Waals surface area contributed by atoms with Crippen LogP contribution in [0.15, 0.2) is 0 Å². The minimum Gasteiger partial charge on any atom is -0.379 e. The van der Waals surface area contributed by atoms with E-state index < -0.39 is 0 Å². The van der Waals surface area contributed by atoms with Gasteiger partial charge in [-0.25, -0.2) is 0 Å². The van der Waals surface area contributed by atoms with E-state index in [4.69, 9.17) is 14.2 Å². The predicted octanol–water partition coefficient (Wildman–Crippen LogP) is 0.347. The fourth-order valence-electron chi connectivity index (χ4n) is 3.47. The van der Waals surface area contributed by atoms with Crippen LogP contribution in [-0.2, 0) is 14.2 Å². The van der Waals surface area contributed by atoms with E-state index in [2.05, 4.69) is 10.2 Å². The van der Waals surface area contributed by atoms with Gasteiger partial charge in [0.25, 0.3) is 0 Å². The molecule has 0 bridgehead atoms. The minimum absolute atomic E-state index is 0.0525. The molecule has 0 aromatic carbocycles. The second-order valence-electron chi connectivity index (χ2n) is 5.56. The maximum Gasteiger partial charge on any atom is 0.110 e. The maximum absolute atomic E-state index is 5.73. The van der Waals surface area contributed by atoms with Gasteiger partial charge in [-0.2, -0.15) is 0 Å². The average Bonchev–Trinajstić information content (AvgIpc) is 2.47. The molecule has 112 valence electrons. The number of methoxy groups -OCH3 is 3. The van der Waals surface area contributed by atoms with Crippen LogP contribution < -0.4 is 5.32 Å². The molecule has 0 aromatic heterocycles. The van der Waals surface area contributed by atoms with Crippen LogP contribution in [0.1, 0.15) is 12.8 Å². The first kappa shape index (κ1) is 15.2. The van der Waals surface area contributed by atoms with Crippen LogP contribution in [0, 0.1) is 5.92 Å². The lowest BCUT2D eigenvalue weighted by molar-refractivity contribution is -0.152. The van der Waals surface area contributed by atoms with Crippen LogP contribution in [0.3, 0.4) is 0 Å². The number of ether oxygens (including phenoxy) is 3. The summed E-state index contributed by atoms with van der Waals surface area (Å²) in [6, 6.07) is 0. The number of nitrogens with zero attached hydrogens (tertiary/aromatic N) is 1. The largest absolute Gasteiger partial charge is 0.379 e. The second kappa shape index (κ2) is 7.55. The number of piperazine rings is 1. The molecule has 0 aromatic rings. The van der Waals surface area contributed by atoms with Crippen LogP contribution in [0.2, 0.25) is 0 Å². The van der Waals surface area contributed by atoms with Crippen molar-refractivity contribution in [3.05, 3.63) is 0 Å². The molecule has 5 heteroatoms. The highest BCUT2D eigenvalue weighted by molar-refractivity contribution is 4.91. The van der Waals surface area contributed by atoms with Gasteiger partial charge in [0.05, 0.1) is 12.2 Å². The van der Waals surface area contributed by atoms with E-state index in [0.717, 1.165) is 45.6 Å². The number of rotatable bonds is 5. The minimum atomic E-state index is 0.0525. The van der Waals surface area contributed by atoms with E-state index in [1.54, 1.807) is 21.3 Å². The molecule has 0 spiro atoms. The monoisotopic (exact) mass is 272 g/mol. The summed E-state index contributed by atoms with van der Waals surface area (Å²) < 4.78 is 16.9. The van der Waals surface area contributed by atoms with Crippen molar-refractivity contribution in [3.63, 3.8) is 0 Å². The number of hydrogen-bond donors (Lipinski definition) is 1. The van der Waals surface area contributed by atoms with Crippen molar-refractivity contribution in [2.24, 2.45) is 5.92 Å². The van der Waals surface area contributed by atoms with Gasteiger partial charge in [-0.1, -0.05) is 0 Å². The molecular weight excluding hydrogens is 244 g/mol. The van der Waals surface area contributed by atoms with Crippen molar-refractivity contribution >= 4 is 0 Å². The summed E-state index contributed by atoms with van der Waals surface area (Å²) in [6.07, 6.45) is 2.57. The van der Waals surface area contributed by atoms with Gasteiger partial charge in [-0.3, -0.25) is 0 Å². The van der Waals surface area contributed by atoms with Crippen LogP contribution in [0.5, 0.6) is 0 Å². The van der Waals surface area contributed by atoms with E-state index in [-0.39, 0.29) is 18.3 Å². The zero-order valence-corrected chi connectivity index (χ0v) is 12.4. The molecule has 0 radical (unpaired) electrons. The lowest BCUT2D eigenvalue weighted by Crippen LogP contribution is -2.54. The molecular formula is C14H28N2O3. The van der Waals surface area contributed by atoms with E-state index in [9.17, 15) is 0 Å². The van der Waals surface area contributed by atoms with Gasteiger partial charge in [-0.05, 0) is 12.8 Å². The van der Waals surface area contributed by atoms with E-state index >= 15 is 0 Å². The van der Waals surface area contributed by atoms with Crippen LogP contribution in [0.25, 0.3) is 0 Å². The fraction of sp³-hybridized carbons (Fsp3) is 1.00. The van der Waals surface area contributed by atoms with Crippen molar-refractivity contribution in [3.8, 4) is 0 Å². The highest BCUT2D eigenvalue weighted by Gasteiger charge is 2.40. The molecule has 4 unspecified atom stereocenters. The standard InChI is InChI=1S/C14H28N2O3/c1-17-12-5-4-11(13(18-2)14(12)19-3)10-16-8-6-15-7-9-16/h11-15H,4-10H2,1-3H3. The molecule has 0 amide bonds. The predicted molar refractivity (Wildman–Crippen MR) is 74.4 cm³/mol. The van der Waals surface area contributed by atoms with Crippen molar-refractivity contribution in [1.82, 2.24) is 10.2 Å². The summed E-state index contributed by atoms with van der Waals surface area (Å²) in [5.41, 5.74) is 0. The smallest absolute Gasteiger partial charge is 0.110 e. The molecule has 2 rings (SSSR count). The van der Waals surface area contributed by atoms with Crippen LogP contribution in [0.4, 0.5) is 0 Å². The SMILES string of the molecule is COC1CCC(CN2CCNCC2)C(OC)C1OC. The molecule has 5 nitrogen and oxygen atoms in total. The average molecular weight is 272 g/mol. The summed E-state index contributed by atoms with van der Waals surface area (Å²) in [4.78, 5) is 2.53. The van der Waals surface area contributed by atoms with E-state index in [1.165, 1.54) is 0 Å². The zero-order chi connectivity index (χ0) is 13.7. The Morgan fingerprint density at radius 2 is 1.63 bits per heavy atom. The third kappa shape index (κ3) is 3.67. The topological polar surface area (TPSA) is 43.0 Å². The van der Waals surface area contributed by atoms with Gasteiger partial charge in [-0.15, -0.1) is 0 Å². The van der Waals surface area contributed by atoms with Gasteiger partial charge in [0.15, 0.2) is 0 Å². The van der Waals surface area contributed by atoms with Crippen molar-refractivity contribution in [2.75, 3.05) is 54.1 Å². The highest BCUT2D eigenvalue weighted by atomic mass is 16.6. The Morgan fingerprint density at radius 3 is 2.21 bits per heavy atom. The molecule has 19 heavy (non-hydrogen) atoms. The Bertz CT molecular complexity index is 259. The highest BCUT2D eigenvalue weighted by Crippen LogP contribution is 2.31. The van der Waals surface area contributed by atoms with Gasteiger partial charge in [0.2, 0.25) is 0 Å². The van der Waals surface area contributed by atoms with Crippen LogP contribution >= 0.6 is 0 Å². The number of nitrogens with one attached hydrogen (secondary N) is 1. The first-order chi connectivity index (χ1) is 9.30. The Labute approximate surface area is 116 Å². The Kier molecular flexibility index (Phi) is 6.04. The van der Waals surface area contributed by atoms with Crippen molar-refractivity contribution in [2.45, 2.75) is 31.2 Å². The first-order valence-electron chi connectivity index (χ1n) is 7.31. The third-order valence-corrected chi connectivity index (χ3v) is 4.53. The summed E-state index contributed by atoms with van der Waals surface area (Å²) in [5, 5.41) is 3.40. The Morgan fingerprint density at radius 1 is 0.947 bits per heavy atom. The normalized spacial score (nSPS) is 37.4. The van der Waals surface area contributed by atoms with Crippen LogP contribution in [-0.4, -0.2) is 77.3 Å². The first-order valence-corrected chi connectivity index (χ1v) is 7.31. The molecule has 4 atom stereocenters. The third-order valence-electron chi connectivity index (χ3n) is 4.53. The number of hydrogen-bond acceptors (Lipinski definition) is 5. The molecule has 2 aliphatic rings. The summed E-state index contributed by atoms with van der Waals surface area (Å²) in [6.45, 7) is 5.57. The Balaban J connectivity index is 1.95. The molecule has 1 saturated carbocycles. The lowest BCUT2D eigenvalue weighted by Gasteiger charge is -2.43. The maximum atomic E-state index is 5.73. The van der Waals surface area contributed by atoms with Gasteiger partial charge in [0, 0.05) is 60.0 Å². The van der Waals surface area contributed by atoms with Gasteiger partial charge in [0.1, 0.15) is 6.10 Å². The lowest BCUT2D eigenvalue weighted by atomic mass is 9.82. The van der Waals surface area contributed by atoms with E-state index in [0.29, 0.717) is 5.92 Å². The zero-order valence-electron chi connectivity index (χ0n) is 12.4. The van der Waals surface area contributed by atoms with E-state index in [1.807, 2.05) is 0 Å². The second-order valence-corrected chi connectivity index (χ2v) is 5.56. The fourth-order valence-corrected chi connectivity index (χ4v) is 3.47. The molecule has 1 aliphatic carbocycles. The quantitative estimate of drug-likeness (QED) is 0.782. The molecule has 1 saturated heterocycles. The van der Waals surface area contributed by atoms with Crippen molar-refractivity contribution < 1.29 is 14.2 Å². The van der Waals surface area contributed by atoms with Gasteiger partial charge < -0.3 is 24.4 Å². The molecule has 1 heterocycles. The van der Waals surface area contributed by atoms with Crippen molar-refractivity contribution in [1.29, 1.82) is 0 Å². The summed E-state index contributed by atoms with van der Waals surface area (Å²) >= 11 is 0. The summed E-state index contributed by atoms with van der Waals surface area (Å²) in [7, 11) is 5.31. The molecule has 2 fully saturated rings. The van der Waals surface area contributed by atoms with Gasteiger partial charge >= 0.3 is 0 Å². The summed E-state index contributed by atoms with van der Waals surface area (Å²) in [5.74, 6) is 0.541. The molecule has 1 aliphatic heterocycles. The molecule has 1 N–H and O–H groups in total. The Hall–Kier alpha value is -0.200.